The molecule has 0 saturated carbocycles. The molecule has 0 aromatic carbocycles. The summed E-state index contributed by atoms with van der Waals surface area (Å²) in [5, 5.41) is 6.20. The van der Waals surface area contributed by atoms with E-state index in [-0.39, 0.29) is 0 Å². The van der Waals surface area contributed by atoms with E-state index in [2.05, 4.69) is 36.3 Å². The van der Waals surface area contributed by atoms with Gasteiger partial charge >= 0.3 is 0 Å². The normalized spacial score (nSPS) is 15.4. The Kier molecular flexibility index (Phi) is 7.92. The Morgan fingerprint density at radius 3 is 1.50 bits per heavy atom. The highest BCUT2D eigenvalue weighted by molar-refractivity contribution is 5.24. The van der Waals surface area contributed by atoms with E-state index in [0.29, 0.717) is 12.1 Å². The van der Waals surface area contributed by atoms with Gasteiger partial charge in [-0.15, -0.1) is 0 Å². The van der Waals surface area contributed by atoms with E-state index < -0.39 is 0 Å². The van der Waals surface area contributed by atoms with Gasteiger partial charge in [0.15, 0.2) is 0 Å². The van der Waals surface area contributed by atoms with Gasteiger partial charge in [0.25, 0.3) is 0 Å². The smallest absolute Gasteiger partial charge is 0.0227 e. The van der Waals surface area contributed by atoms with E-state index in [9.17, 15) is 0 Å². The molecule has 0 fully saturated rings. The van der Waals surface area contributed by atoms with Gasteiger partial charge in [0.2, 0.25) is 0 Å². The Morgan fingerprint density at radius 2 is 1.21 bits per heavy atom. The molecule has 2 unspecified atom stereocenters. The Hall–Kier alpha value is -1.04. The van der Waals surface area contributed by atoms with Crippen molar-refractivity contribution in [3.63, 3.8) is 0 Å². The highest BCUT2D eigenvalue weighted by Gasteiger charge is 1.86. The van der Waals surface area contributed by atoms with Crippen molar-refractivity contribution in [2.75, 3.05) is 14.1 Å². The van der Waals surface area contributed by atoms with Crippen molar-refractivity contribution in [2.24, 2.45) is 0 Å². The predicted octanol–water partition coefficient (Wildman–Crippen LogP) is 1.32. The second-order valence-electron chi connectivity index (χ2n) is 3.16. The number of likely N-dealkylation sites (N-methyl/N-ethyl adjacent to an activating group) is 2. The highest BCUT2D eigenvalue weighted by Crippen LogP contribution is 1.83. The fraction of sp³-hybridized carbons (Fsp3) is 0.500. The fourth-order valence-electron chi connectivity index (χ4n) is 0.674. The van der Waals surface area contributed by atoms with Crippen molar-refractivity contribution in [3.05, 3.63) is 24.3 Å². The van der Waals surface area contributed by atoms with Gasteiger partial charge in [0.05, 0.1) is 0 Å². The van der Waals surface area contributed by atoms with E-state index in [1.165, 1.54) is 0 Å². The molecule has 0 aromatic rings. The molecule has 0 aliphatic heterocycles. The lowest BCUT2D eigenvalue weighted by molar-refractivity contribution is 0.729. The summed E-state index contributed by atoms with van der Waals surface area (Å²) >= 11 is 0. The molecule has 2 atom stereocenters. The summed E-state index contributed by atoms with van der Waals surface area (Å²) in [5.41, 5.74) is 0. The summed E-state index contributed by atoms with van der Waals surface area (Å²) in [6.45, 7) is 4.16. The zero-order valence-electron chi connectivity index (χ0n) is 9.46. The molecule has 78 valence electrons. The van der Waals surface area contributed by atoms with Crippen molar-refractivity contribution in [1.29, 1.82) is 0 Å². The van der Waals surface area contributed by atoms with Gasteiger partial charge in [0, 0.05) is 12.1 Å². The maximum Gasteiger partial charge on any atom is 0.0227 e. The largest absolute Gasteiger partial charge is 0.314 e. The molecule has 0 saturated heterocycles. The topological polar surface area (TPSA) is 24.1 Å². The number of allylic oxidation sites excluding steroid dienone is 2. The van der Waals surface area contributed by atoms with Crippen LogP contribution >= 0.6 is 0 Å². The summed E-state index contributed by atoms with van der Waals surface area (Å²) < 4.78 is 0. The Morgan fingerprint density at radius 1 is 0.857 bits per heavy atom. The van der Waals surface area contributed by atoms with Crippen LogP contribution in [0.5, 0.6) is 0 Å². The summed E-state index contributed by atoms with van der Waals surface area (Å²) in [4.78, 5) is 0. The van der Waals surface area contributed by atoms with Gasteiger partial charge in [-0.2, -0.15) is 0 Å². The molecular weight excluding hydrogens is 172 g/mol. The van der Waals surface area contributed by atoms with Gasteiger partial charge in [-0.25, -0.2) is 0 Å². The molecule has 0 rings (SSSR count). The first kappa shape index (κ1) is 13.0. The van der Waals surface area contributed by atoms with Gasteiger partial charge in [0.1, 0.15) is 0 Å². The van der Waals surface area contributed by atoms with Crippen LogP contribution < -0.4 is 10.6 Å². The summed E-state index contributed by atoms with van der Waals surface area (Å²) in [6.07, 6.45) is 7.80. The van der Waals surface area contributed by atoms with Crippen LogP contribution in [0.4, 0.5) is 0 Å². The molecule has 0 aliphatic carbocycles. The third kappa shape index (κ3) is 7.60. The predicted molar refractivity (Wildman–Crippen MR) is 63.1 cm³/mol. The maximum absolute atomic E-state index is 3.10. The summed E-state index contributed by atoms with van der Waals surface area (Å²) in [6, 6.07) is 0.758. The number of hydrogen-bond donors (Lipinski definition) is 2. The third-order valence-electron chi connectivity index (χ3n) is 1.93. The van der Waals surface area contributed by atoms with Gasteiger partial charge in [-0.1, -0.05) is 24.0 Å². The number of rotatable bonds is 4. The molecule has 0 spiro atoms. The quantitative estimate of drug-likeness (QED) is 0.656. The lowest BCUT2D eigenvalue weighted by Gasteiger charge is -1.99. The first-order valence-corrected chi connectivity index (χ1v) is 4.89. The molecule has 2 N–H and O–H groups in total. The molecular formula is C12H20N2. The molecule has 0 radical (unpaired) electrons. The molecule has 2 heteroatoms. The monoisotopic (exact) mass is 192 g/mol. The first-order chi connectivity index (χ1) is 6.70. The molecule has 14 heavy (non-hydrogen) atoms. The second kappa shape index (κ2) is 8.55. The maximum atomic E-state index is 3.10. The average Bonchev–Trinajstić information content (AvgIpc) is 2.22. The summed E-state index contributed by atoms with van der Waals surface area (Å²) in [7, 11) is 3.86. The molecule has 0 aromatic heterocycles. The van der Waals surface area contributed by atoms with Crippen molar-refractivity contribution in [2.45, 2.75) is 25.9 Å². The SMILES string of the molecule is CNC(C)/C=C/C#C/C=C/C(C)NC. The zero-order valence-corrected chi connectivity index (χ0v) is 9.46. The Bertz CT molecular complexity index is 219. The number of hydrogen-bond acceptors (Lipinski definition) is 2. The second-order valence-corrected chi connectivity index (χ2v) is 3.16. The van der Waals surface area contributed by atoms with Gasteiger partial charge in [-0.3, -0.25) is 0 Å². The average molecular weight is 192 g/mol. The van der Waals surface area contributed by atoms with Crippen LogP contribution in [0.3, 0.4) is 0 Å². The zero-order chi connectivity index (χ0) is 10.8. The molecule has 0 heterocycles. The van der Waals surface area contributed by atoms with Crippen LogP contribution in [-0.2, 0) is 0 Å². The first-order valence-electron chi connectivity index (χ1n) is 4.89. The van der Waals surface area contributed by atoms with Crippen molar-refractivity contribution >= 4 is 0 Å². The van der Waals surface area contributed by atoms with Gasteiger partial charge < -0.3 is 10.6 Å². The molecule has 0 amide bonds. The minimum atomic E-state index is 0.379. The standard InChI is InChI=1S/C12H20N2/c1-11(13-3)9-7-5-6-8-10-12(2)14-4/h7-14H,1-4H3/b9-7+,10-8+. The van der Waals surface area contributed by atoms with E-state index in [1.807, 2.05) is 38.4 Å². The fourth-order valence-corrected chi connectivity index (χ4v) is 0.674. The lowest BCUT2D eigenvalue weighted by Crippen LogP contribution is -2.17. The molecule has 2 nitrogen and oxygen atoms in total. The minimum absolute atomic E-state index is 0.379. The molecule has 0 aliphatic rings. The number of nitrogens with one attached hydrogen (secondary N) is 2. The van der Waals surface area contributed by atoms with Crippen molar-refractivity contribution in [3.8, 4) is 11.8 Å². The van der Waals surface area contributed by atoms with E-state index in [4.69, 9.17) is 0 Å². The Labute approximate surface area is 87.5 Å². The van der Waals surface area contributed by atoms with Crippen molar-refractivity contribution in [1.82, 2.24) is 10.6 Å². The van der Waals surface area contributed by atoms with Crippen LogP contribution in [0.25, 0.3) is 0 Å². The summed E-state index contributed by atoms with van der Waals surface area (Å²) in [5.74, 6) is 5.89. The highest BCUT2D eigenvalue weighted by atomic mass is 14.8. The van der Waals surface area contributed by atoms with Crippen molar-refractivity contribution < 1.29 is 0 Å². The van der Waals surface area contributed by atoms with Crippen LogP contribution in [-0.4, -0.2) is 26.2 Å². The van der Waals surface area contributed by atoms with Crippen LogP contribution in [0, 0.1) is 11.8 Å². The van der Waals surface area contributed by atoms with Gasteiger partial charge in [-0.05, 0) is 40.1 Å². The van der Waals surface area contributed by atoms with E-state index in [0.717, 1.165) is 0 Å². The Balaban J connectivity index is 3.83. The van der Waals surface area contributed by atoms with E-state index in [1.54, 1.807) is 0 Å². The van der Waals surface area contributed by atoms with Crippen LogP contribution in [0.1, 0.15) is 13.8 Å². The van der Waals surface area contributed by atoms with Crippen LogP contribution in [0.15, 0.2) is 24.3 Å². The lowest BCUT2D eigenvalue weighted by atomic mass is 10.3. The third-order valence-corrected chi connectivity index (χ3v) is 1.93. The molecule has 0 bridgehead atoms. The van der Waals surface area contributed by atoms with Crippen LogP contribution in [0.2, 0.25) is 0 Å². The van der Waals surface area contributed by atoms with E-state index >= 15 is 0 Å². The minimum Gasteiger partial charge on any atom is -0.314 e.